The normalized spacial score (nSPS) is 11.1. The van der Waals surface area contributed by atoms with Gasteiger partial charge in [0.25, 0.3) is 0 Å². The van der Waals surface area contributed by atoms with E-state index in [0.717, 1.165) is 11.1 Å². The summed E-state index contributed by atoms with van der Waals surface area (Å²) < 4.78 is 0. The van der Waals surface area contributed by atoms with Gasteiger partial charge in [-0.25, -0.2) is 0 Å². The predicted octanol–water partition coefficient (Wildman–Crippen LogP) is 6.19. The lowest BCUT2D eigenvalue weighted by Gasteiger charge is -2.19. The van der Waals surface area contributed by atoms with E-state index in [1.807, 2.05) is 24.3 Å². The van der Waals surface area contributed by atoms with E-state index >= 15 is 0 Å². The average molecular weight is 311 g/mol. The maximum Gasteiger partial charge on any atom is 0.0991 e. The molecule has 0 unspecified atom stereocenters. The molecule has 0 radical (unpaired) electrons. The first-order chi connectivity index (χ1) is 11.5. The third-order valence-electron chi connectivity index (χ3n) is 4.27. The molecule has 3 rings (SSSR count). The predicted molar refractivity (Wildman–Crippen MR) is 101 cm³/mol. The molecule has 0 aliphatic rings. The van der Waals surface area contributed by atoms with Crippen molar-refractivity contribution >= 4 is 0 Å². The third-order valence-corrected chi connectivity index (χ3v) is 4.27. The van der Waals surface area contributed by atoms with E-state index in [9.17, 15) is 0 Å². The van der Waals surface area contributed by atoms with Gasteiger partial charge in [0.15, 0.2) is 0 Å². The first-order valence-electron chi connectivity index (χ1n) is 8.19. The van der Waals surface area contributed by atoms with Gasteiger partial charge in [0.1, 0.15) is 0 Å². The topological polar surface area (TPSA) is 23.8 Å². The number of nitriles is 1. The largest absolute Gasteiger partial charge is 0.192 e. The Bertz CT molecular complexity index is 890. The second-order valence-electron chi connectivity index (χ2n) is 7.10. The number of hydrogen-bond acceptors (Lipinski definition) is 1. The van der Waals surface area contributed by atoms with Gasteiger partial charge < -0.3 is 0 Å². The van der Waals surface area contributed by atoms with E-state index < -0.39 is 0 Å². The Labute approximate surface area is 144 Å². The van der Waals surface area contributed by atoms with Crippen molar-refractivity contribution in [2.24, 2.45) is 0 Å². The van der Waals surface area contributed by atoms with Gasteiger partial charge in [0.2, 0.25) is 0 Å². The zero-order valence-electron chi connectivity index (χ0n) is 14.4. The van der Waals surface area contributed by atoms with Crippen molar-refractivity contribution in [2.75, 3.05) is 0 Å². The number of nitrogens with zero attached hydrogens (tertiary/aromatic N) is 1. The van der Waals surface area contributed by atoms with Crippen LogP contribution in [-0.4, -0.2) is 0 Å². The Balaban J connectivity index is 1.97. The minimum Gasteiger partial charge on any atom is -0.192 e. The maximum absolute atomic E-state index is 9.08. The molecule has 1 heteroatoms. The number of rotatable bonds is 2. The average Bonchev–Trinajstić information content (AvgIpc) is 2.61. The first-order valence-corrected chi connectivity index (χ1v) is 8.19. The van der Waals surface area contributed by atoms with Gasteiger partial charge in [-0.15, -0.1) is 0 Å². The number of benzene rings is 3. The molecule has 0 bridgehead atoms. The van der Waals surface area contributed by atoms with Gasteiger partial charge in [-0.2, -0.15) is 5.26 Å². The summed E-state index contributed by atoms with van der Waals surface area (Å²) in [7, 11) is 0. The van der Waals surface area contributed by atoms with Gasteiger partial charge in [0.05, 0.1) is 11.6 Å². The van der Waals surface area contributed by atoms with Crippen molar-refractivity contribution in [3.05, 3.63) is 83.9 Å². The molecule has 0 saturated heterocycles. The Morgan fingerprint density at radius 3 is 1.79 bits per heavy atom. The van der Waals surface area contributed by atoms with Crippen molar-refractivity contribution in [3.63, 3.8) is 0 Å². The zero-order chi connectivity index (χ0) is 17.2. The molecule has 0 spiro atoms. The van der Waals surface area contributed by atoms with Crippen molar-refractivity contribution in [1.29, 1.82) is 5.26 Å². The number of hydrogen-bond donors (Lipinski definition) is 0. The van der Waals surface area contributed by atoms with E-state index in [4.69, 9.17) is 5.26 Å². The summed E-state index contributed by atoms with van der Waals surface area (Å²) in [5.41, 5.74) is 6.79. The van der Waals surface area contributed by atoms with Crippen LogP contribution in [0.1, 0.15) is 31.9 Å². The summed E-state index contributed by atoms with van der Waals surface area (Å²) in [6.07, 6.45) is 0. The Morgan fingerprint density at radius 2 is 1.21 bits per heavy atom. The molecule has 0 N–H and O–H groups in total. The SMILES string of the molecule is CC(C)(C)c1ccc(-c2cccc(-c3cccc(C#N)c3)c2)cc1. The van der Waals surface area contributed by atoms with E-state index in [-0.39, 0.29) is 5.41 Å². The van der Waals surface area contributed by atoms with Crippen LogP contribution >= 0.6 is 0 Å². The molecule has 0 aromatic heterocycles. The zero-order valence-corrected chi connectivity index (χ0v) is 14.4. The van der Waals surface area contributed by atoms with Crippen molar-refractivity contribution in [3.8, 4) is 28.3 Å². The van der Waals surface area contributed by atoms with Gasteiger partial charge >= 0.3 is 0 Å². The van der Waals surface area contributed by atoms with Crippen molar-refractivity contribution in [1.82, 2.24) is 0 Å². The summed E-state index contributed by atoms with van der Waals surface area (Å²) >= 11 is 0. The minimum absolute atomic E-state index is 0.165. The standard InChI is InChI=1S/C23H21N/c1-23(2,3)22-12-10-18(11-13-22)20-8-5-9-21(15-20)19-7-4-6-17(14-19)16-24/h4-15H,1-3H3. The Kier molecular flexibility index (Phi) is 4.23. The van der Waals surface area contributed by atoms with Gasteiger partial charge in [-0.1, -0.05) is 75.4 Å². The highest BCUT2D eigenvalue weighted by molar-refractivity contribution is 5.73. The summed E-state index contributed by atoms with van der Waals surface area (Å²) in [6, 6.07) is 27.2. The molecule has 0 atom stereocenters. The molecule has 24 heavy (non-hydrogen) atoms. The fraction of sp³-hybridized carbons (Fsp3) is 0.174. The summed E-state index contributed by atoms with van der Waals surface area (Å²) in [4.78, 5) is 0. The molecular formula is C23H21N. The van der Waals surface area contributed by atoms with Gasteiger partial charge in [-0.3, -0.25) is 0 Å². The molecule has 3 aromatic rings. The van der Waals surface area contributed by atoms with Crippen LogP contribution in [0.5, 0.6) is 0 Å². The Hall–Kier alpha value is -2.85. The lowest BCUT2D eigenvalue weighted by molar-refractivity contribution is 0.590. The highest BCUT2D eigenvalue weighted by Crippen LogP contribution is 2.29. The van der Waals surface area contributed by atoms with Crippen LogP contribution < -0.4 is 0 Å². The summed E-state index contributed by atoms with van der Waals surface area (Å²) in [5.74, 6) is 0. The van der Waals surface area contributed by atoms with Crippen LogP contribution in [-0.2, 0) is 5.41 Å². The van der Waals surface area contributed by atoms with E-state index in [2.05, 4.69) is 75.4 Å². The molecule has 0 aliphatic carbocycles. The van der Waals surface area contributed by atoms with Crippen molar-refractivity contribution in [2.45, 2.75) is 26.2 Å². The van der Waals surface area contributed by atoms with Gasteiger partial charge in [-0.05, 0) is 51.4 Å². The molecule has 0 heterocycles. The first kappa shape index (κ1) is 16.0. The van der Waals surface area contributed by atoms with Crippen LogP contribution in [0.2, 0.25) is 0 Å². The molecule has 0 fully saturated rings. The molecule has 0 aliphatic heterocycles. The quantitative estimate of drug-likeness (QED) is 0.553. The van der Waals surface area contributed by atoms with Crippen molar-refractivity contribution < 1.29 is 0 Å². The van der Waals surface area contributed by atoms with Crippen LogP contribution in [0.15, 0.2) is 72.8 Å². The molecule has 0 saturated carbocycles. The molecule has 3 aromatic carbocycles. The van der Waals surface area contributed by atoms with Crippen LogP contribution in [0.25, 0.3) is 22.3 Å². The van der Waals surface area contributed by atoms with E-state index in [1.165, 1.54) is 16.7 Å². The monoisotopic (exact) mass is 311 g/mol. The molecular weight excluding hydrogens is 290 g/mol. The van der Waals surface area contributed by atoms with E-state index in [0.29, 0.717) is 5.56 Å². The van der Waals surface area contributed by atoms with Crippen LogP contribution in [0.3, 0.4) is 0 Å². The minimum atomic E-state index is 0.165. The molecule has 1 nitrogen and oxygen atoms in total. The highest BCUT2D eigenvalue weighted by atomic mass is 14.2. The van der Waals surface area contributed by atoms with Gasteiger partial charge in [0, 0.05) is 0 Å². The van der Waals surface area contributed by atoms with E-state index in [1.54, 1.807) is 0 Å². The Morgan fingerprint density at radius 1 is 0.667 bits per heavy atom. The molecule has 118 valence electrons. The van der Waals surface area contributed by atoms with Crippen LogP contribution in [0.4, 0.5) is 0 Å². The summed E-state index contributed by atoms with van der Waals surface area (Å²) in [6.45, 7) is 6.68. The lowest BCUT2D eigenvalue weighted by Crippen LogP contribution is -2.10. The second kappa shape index (κ2) is 6.34. The second-order valence-corrected chi connectivity index (χ2v) is 7.10. The highest BCUT2D eigenvalue weighted by Gasteiger charge is 2.13. The fourth-order valence-corrected chi connectivity index (χ4v) is 2.81. The van der Waals surface area contributed by atoms with Crippen LogP contribution in [0, 0.1) is 11.3 Å². The third kappa shape index (κ3) is 3.39. The smallest absolute Gasteiger partial charge is 0.0991 e. The maximum atomic E-state index is 9.08. The lowest BCUT2D eigenvalue weighted by atomic mass is 9.86. The fourth-order valence-electron chi connectivity index (χ4n) is 2.81. The molecule has 0 amide bonds. The summed E-state index contributed by atoms with van der Waals surface area (Å²) in [5, 5.41) is 9.08.